The summed E-state index contributed by atoms with van der Waals surface area (Å²) in [7, 11) is 0. The van der Waals surface area contributed by atoms with Crippen LogP contribution in [0.25, 0.3) is 0 Å². The van der Waals surface area contributed by atoms with Crippen LogP contribution in [0.1, 0.15) is 18.2 Å². The van der Waals surface area contributed by atoms with Crippen LogP contribution < -0.4 is 4.74 Å². The second-order valence-electron chi connectivity index (χ2n) is 3.95. The quantitative estimate of drug-likeness (QED) is 0.388. The third kappa shape index (κ3) is 3.51. The molecule has 100 valence electrons. The van der Waals surface area contributed by atoms with Crippen LogP contribution >= 0.6 is 0 Å². The Bertz CT molecular complexity index is 561. The van der Waals surface area contributed by atoms with E-state index in [1.165, 1.54) is 18.5 Å². The van der Waals surface area contributed by atoms with Gasteiger partial charge >= 0.3 is 0 Å². The molecule has 5 heteroatoms. The van der Waals surface area contributed by atoms with Gasteiger partial charge in [-0.05, 0) is 37.3 Å². The predicted molar refractivity (Wildman–Crippen MR) is 70.5 cm³/mol. The van der Waals surface area contributed by atoms with Gasteiger partial charge in [-0.3, -0.25) is 0 Å². The molecule has 0 saturated heterocycles. The van der Waals surface area contributed by atoms with Gasteiger partial charge in [-0.15, -0.1) is 0 Å². The first-order chi connectivity index (χ1) is 9.19. The van der Waals surface area contributed by atoms with E-state index in [4.69, 9.17) is 9.15 Å². The van der Waals surface area contributed by atoms with Crippen molar-refractivity contribution in [1.29, 1.82) is 0 Å². The topological polar surface area (TPSA) is 68.7 Å². The van der Waals surface area contributed by atoms with E-state index >= 15 is 0 Å². The summed E-state index contributed by atoms with van der Waals surface area (Å²) in [5, 5.41) is 21.3. The maximum Gasteiger partial charge on any atom is 0.217 e. The van der Waals surface area contributed by atoms with Crippen LogP contribution in [0.15, 0.2) is 41.0 Å². The van der Waals surface area contributed by atoms with E-state index in [1.54, 1.807) is 24.3 Å². The first kappa shape index (κ1) is 13.0. The van der Waals surface area contributed by atoms with E-state index in [1.807, 2.05) is 6.92 Å². The Balaban J connectivity index is 2.12. The van der Waals surface area contributed by atoms with Crippen molar-refractivity contribution in [3.8, 4) is 11.5 Å². The Labute approximate surface area is 111 Å². The summed E-state index contributed by atoms with van der Waals surface area (Å²) in [6.45, 7) is 2.44. The highest BCUT2D eigenvalue weighted by molar-refractivity contribution is 5.71. The van der Waals surface area contributed by atoms with Crippen molar-refractivity contribution in [3.05, 3.63) is 53.1 Å². The lowest BCUT2D eigenvalue weighted by molar-refractivity contribution is -0.469. The van der Waals surface area contributed by atoms with Crippen molar-refractivity contribution in [1.82, 2.24) is 0 Å². The van der Waals surface area contributed by atoms with E-state index in [-0.39, 0.29) is 12.3 Å². The third-order valence-electron chi connectivity index (χ3n) is 2.48. The molecule has 1 N–H and O–H groups in total. The number of hydrogen-bond acceptors (Lipinski definition) is 4. The summed E-state index contributed by atoms with van der Waals surface area (Å²) in [6, 6.07) is 8.26. The zero-order valence-electron chi connectivity index (χ0n) is 10.6. The molecule has 1 aromatic carbocycles. The maximum absolute atomic E-state index is 11.7. The standard InChI is InChI=1S/C14H15NO4/c1-2-18-14-8-11(5-6-13(14)16)9-15(17)10-12-4-3-7-19-12/h3-8,10,16H,2,9H2,1H3. The minimum absolute atomic E-state index is 0.0677. The summed E-state index contributed by atoms with van der Waals surface area (Å²) in [5.74, 6) is 0.947. The van der Waals surface area contributed by atoms with Crippen LogP contribution in [-0.4, -0.2) is 22.7 Å². The molecule has 5 nitrogen and oxygen atoms in total. The monoisotopic (exact) mass is 261 g/mol. The minimum Gasteiger partial charge on any atom is -0.623 e. The summed E-state index contributed by atoms with van der Waals surface area (Å²) in [5.41, 5.74) is 0.749. The Morgan fingerprint density at radius 1 is 1.42 bits per heavy atom. The first-order valence-electron chi connectivity index (χ1n) is 5.96. The van der Waals surface area contributed by atoms with Crippen molar-refractivity contribution in [2.24, 2.45) is 0 Å². The molecule has 0 saturated carbocycles. The molecular weight excluding hydrogens is 246 g/mol. The Morgan fingerprint density at radius 3 is 2.95 bits per heavy atom. The molecule has 0 radical (unpaired) electrons. The van der Waals surface area contributed by atoms with Crippen molar-refractivity contribution in [3.63, 3.8) is 0 Å². The van der Waals surface area contributed by atoms with Crippen LogP contribution in [0, 0.1) is 5.21 Å². The Morgan fingerprint density at radius 2 is 2.26 bits per heavy atom. The van der Waals surface area contributed by atoms with Gasteiger partial charge in [0.15, 0.2) is 23.8 Å². The minimum atomic E-state index is 0.0677. The Hall–Kier alpha value is -2.43. The fourth-order valence-electron chi connectivity index (χ4n) is 1.66. The van der Waals surface area contributed by atoms with E-state index in [0.29, 0.717) is 18.1 Å². The lowest BCUT2D eigenvalue weighted by Crippen LogP contribution is -2.05. The van der Waals surface area contributed by atoms with Crippen molar-refractivity contribution in [2.45, 2.75) is 13.5 Å². The number of nitrogens with zero attached hydrogens (tertiary/aromatic N) is 1. The van der Waals surface area contributed by atoms with Crippen molar-refractivity contribution in [2.75, 3.05) is 6.61 Å². The van der Waals surface area contributed by atoms with Gasteiger partial charge in [0.25, 0.3) is 0 Å². The second-order valence-corrected chi connectivity index (χ2v) is 3.95. The molecule has 0 amide bonds. The molecule has 0 atom stereocenters. The van der Waals surface area contributed by atoms with Crippen LogP contribution in [0.3, 0.4) is 0 Å². The molecule has 0 aliphatic rings. The fraction of sp³-hybridized carbons (Fsp3) is 0.214. The SMILES string of the molecule is CCOc1cc(C[N+]([O-])=Cc2ccco2)ccc1O. The van der Waals surface area contributed by atoms with Crippen LogP contribution in [0.2, 0.25) is 0 Å². The maximum atomic E-state index is 11.7. The number of phenols is 1. The van der Waals surface area contributed by atoms with E-state index in [9.17, 15) is 10.3 Å². The van der Waals surface area contributed by atoms with Crippen molar-refractivity contribution < 1.29 is 19.0 Å². The van der Waals surface area contributed by atoms with Crippen LogP contribution in [0.4, 0.5) is 0 Å². The molecule has 0 unspecified atom stereocenters. The van der Waals surface area contributed by atoms with E-state index < -0.39 is 0 Å². The molecule has 2 rings (SSSR count). The number of phenolic OH excluding ortho intramolecular Hbond substituents is 1. The van der Waals surface area contributed by atoms with E-state index in [2.05, 4.69) is 0 Å². The normalized spacial score (nSPS) is 11.5. The summed E-state index contributed by atoms with van der Waals surface area (Å²) in [4.78, 5) is 0. The number of hydrogen-bond donors (Lipinski definition) is 1. The largest absolute Gasteiger partial charge is 0.623 e. The third-order valence-corrected chi connectivity index (χ3v) is 2.48. The average Bonchev–Trinajstić information content (AvgIpc) is 2.86. The summed E-state index contributed by atoms with van der Waals surface area (Å²) in [6.07, 6.45) is 2.88. The summed E-state index contributed by atoms with van der Waals surface area (Å²) < 4.78 is 11.1. The van der Waals surface area contributed by atoms with Gasteiger partial charge in [-0.25, -0.2) is 4.74 Å². The predicted octanol–water partition coefficient (Wildman–Crippen LogP) is 2.51. The number of benzene rings is 1. The molecule has 0 fully saturated rings. The van der Waals surface area contributed by atoms with Crippen molar-refractivity contribution >= 4 is 6.21 Å². The molecule has 19 heavy (non-hydrogen) atoms. The molecule has 0 aliphatic heterocycles. The van der Waals surface area contributed by atoms with Gasteiger partial charge in [0.2, 0.25) is 6.21 Å². The second kappa shape index (κ2) is 5.95. The van der Waals surface area contributed by atoms with Gasteiger partial charge in [-0.2, -0.15) is 0 Å². The number of ether oxygens (including phenoxy) is 1. The van der Waals surface area contributed by atoms with Gasteiger partial charge in [0.1, 0.15) is 0 Å². The highest BCUT2D eigenvalue weighted by Gasteiger charge is 2.06. The van der Waals surface area contributed by atoms with Gasteiger partial charge in [0, 0.05) is 5.56 Å². The Kier molecular flexibility index (Phi) is 4.07. The molecule has 0 spiro atoms. The lowest BCUT2D eigenvalue weighted by Gasteiger charge is -2.08. The van der Waals surface area contributed by atoms with Crippen LogP contribution in [0.5, 0.6) is 11.5 Å². The number of aromatic hydroxyl groups is 1. The zero-order valence-corrected chi connectivity index (χ0v) is 10.6. The first-order valence-corrected chi connectivity index (χ1v) is 5.96. The van der Waals surface area contributed by atoms with Gasteiger partial charge < -0.3 is 19.5 Å². The smallest absolute Gasteiger partial charge is 0.217 e. The van der Waals surface area contributed by atoms with E-state index in [0.717, 1.165) is 10.3 Å². The summed E-state index contributed by atoms with van der Waals surface area (Å²) >= 11 is 0. The molecule has 2 aromatic rings. The van der Waals surface area contributed by atoms with Gasteiger partial charge in [0.05, 0.1) is 12.9 Å². The zero-order chi connectivity index (χ0) is 13.7. The molecular formula is C14H15NO4. The number of hydroxylamine groups is 1. The fourth-order valence-corrected chi connectivity index (χ4v) is 1.66. The van der Waals surface area contributed by atoms with Gasteiger partial charge in [-0.1, -0.05) is 0 Å². The molecule has 0 aliphatic carbocycles. The van der Waals surface area contributed by atoms with Crippen LogP contribution in [-0.2, 0) is 6.54 Å². The molecule has 1 heterocycles. The number of rotatable bonds is 5. The average molecular weight is 261 g/mol. The highest BCUT2D eigenvalue weighted by Crippen LogP contribution is 2.26. The molecule has 0 bridgehead atoms. The lowest BCUT2D eigenvalue weighted by atomic mass is 10.2. The highest BCUT2D eigenvalue weighted by atomic mass is 16.5. The molecule has 1 aromatic heterocycles. The number of furan rings is 1.